The molecule has 1 fully saturated rings. The van der Waals surface area contributed by atoms with Crippen LogP contribution in [0.1, 0.15) is 61.9 Å². The van der Waals surface area contributed by atoms with Gasteiger partial charge in [-0.15, -0.1) is 11.3 Å². The summed E-state index contributed by atoms with van der Waals surface area (Å²) in [5.41, 5.74) is 2.63. The van der Waals surface area contributed by atoms with Gasteiger partial charge in [-0.3, -0.25) is 9.59 Å². The van der Waals surface area contributed by atoms with Crippen LogP contribution in [0.25, 0.3) is 0 Å². The van der Waals surface area contributed by atoms with E-state index in [0.29, 0.717) is 36.1 Å². The van der Waals surface area contributed by atoms with Crippen molar-refractivity contribution in [2.24, 2.45) is 0 Å². The summed E-state index contributed by atoms with van der Waals surface area (Å²) in [4.78, 5) is 39.0. The molecular weight excluding hydrogens is 562 g/mol. The van der Waals surface area contributed by atoms with Crippen molar-refractivity contribution in [2.45, 2.75) is 51.3 Å². The van der Waals surface area contributed by atoms with E-state index < -0.39 is 5.91 Å². The average Bonchev–Trinajstić information content (AvgIpc) is 3.79. The van der Waals surface area contributed by atoms with E-state index in [2.05, 4.69) is 20.6 Å². The molecule has 2 aliphatic rings. The van der Waals surface area contributed by atoms with Crippen LogP contribution in [-0.4, -0.2) is 41.0 Å². The van der Waals surface area contributed by atoms with Gasteiger partial charge in [-0.05, 0) is 55.4 Å². The van der Waals surface area contributed by atoms with Gasteiger partial charge in [0.25, 0.3) is 11.8 Å². The van der Waals surface area contributed by atoms with E-state index in [1.54, 1.807) is 6.26 Å². The maximum absolute atomic E-state index is 13.6. The number of anilines is 2. The van der Waals surface area contributed by atoms with E-state index in [9.17, 15) is 9.59 Å². The fourth-order valence-corrected chi connectivity index (χ4v) is 6.71. The van der Waals surface area contributed by atoms with Crippen molar-refractivity contribution in [1.29, 1.82) is 0 Å². The number of aryl methyl sites for hydroxylation is 1. The van der Waals surface area contributed by atoms with Crippen molar-refractivity contribution < 1.29 is 18.7 Å². The zero-order valence-corrected chi connectivity index (χ0v) is 24.0. The minimum Gasteiger partial charge on any atom is -0.467 e. The second-order valence-electron chi connectivity index (χ2n) is 10.1. The number of nitrogens with zero attached hydrogens (tertiary/aromatic N) is 3. The van der Waals surface area contributed by atoms with E-state index in [1.165, 1.54) is 17.5 Å². The summed E-state index contributed by atoms with van der Waals surface area (Å²) in [5.74, 6) is 0.377. The Morgan fingerprint density at radius 1 is 1.07 bits per heavy atom. The van der Waals surface area contributed by atoms with Crippen LogP contribution in [0.15, 0.2) is 59.3 Å². The fourth-order valence-electron chi connectivity index (χ4n) is 5.26. The molecule has 9 nitrogen and oxygen atoms in total. The molecule has 1 atom stereocenters. The Balaban J connectivity index is 1.25. The summed E-state index contributed by atoms with van der Waals surface area (Å²) in [6.45, 7) is 2.07. The van der Waals surface area contributed by atoms with Crippen LogP contribution in [0.2, 0.25) is 5.02 Å². The third-order valence-corrected chi connectivity index (χ3v) is 8.75. The molecular formula is C30H30ClN5O4S. The highest BCUT2D eigenvalue weighted by molar-refractivity contribution is 7.17. The molecule has 3 aromatic heterocycles. The number of hydrogen-bond acceptors (Lipinski definition) is 8. The minimum absolute atomic E-state index is 0.0296. The van der Waals surface area contributed by atoms with E-state index >= 15 is 0 Å². The molecule has 0 bridgehead atoms. The zero-order chi connectivity index (χ0) is 28.2. The summed E-state index contributed by atoms with van der Waals surface area (Å²) in [6.07, 6.45) is 7.71. The van der Waals surface area contributed by atoms with Crippen molar-refractivity contribution in [2.75, 3.05) is 23.4 Å². The molecule has 2 amide bonds. The van der Waals surface area contributed by atoms with E-state index in [1.807, 2.05) is 47.4 Å². The van der Waals surface area contributed by atoms with Crippen LogP contribution >= 0.6 is 22.9 Å². The van der Waals surface area contributed by atoms with E-state index in [-0.39, 0.29) is 22.7 Å². The Bertz CT molecular complexity index is 1520. The Morgan fingerprint density at radius 3 is 2.73 bits per heavy atom. The number of thiophene rings is 1. The van der Waals surface area contributed by atoms with Crippen molar-refractivity contribution in [3.05, 3.63) is 93.0 Å². The molecule has 0 radical (unpaired) electrons. The summed E-state index contributed by atoms with van der Waals surface area (Å²) >= 11 is 7.90. The predicted octanol–water partition coefficient (Wildman–Crippen LogP) is 5.64. The number of furan rings is 1. The molecule has 2 N–H and O–H groups in total. The Hall–Kier alpha value is -3.73. The maximum atomic E-state index is 13.6. The highest BCUT2D eigenvalue weighted by Crippen LogP contribution is 2.39. The number of rotatable bonds is 10. The first kappa shape index (κ1) is 27.4. The molecule has 11 heteroatoms. The molecule has 0 spiro atoms. The molecule has 1 aliphatic carbocycles. The summed E-state index contributed by atoms with van der Waals surface area (Å²) in [7, 11) is 0. The predicted molar refractivity (Wildman–Crippen MR) is 158 cm³/mol. The number of hydrogen-bond donors (Lipinski definition) is 2. The first-order chi connectivity index (χ1) is 20.0. The Morgan fingerprint density at radius 2 is 1.95 bits per heavy atom. The first-order valence-corrected chi connectivity index (χ1v) is 14.9. The number of halogens is 1. The first-order valence-electron chi connectivity index (χ1n) is 13.7. The van der Waals surface area contributed by atoms with Crippen LogP contribution in [-0.2, 0) is 30.7 Å². The monoisotopic (exact) mass is 591 g/mol. The number of carbonyl (C=O) groups is 2. The van der Waals surface area contributed by atoms with Crippen molar-refractivity contribution >= 4 is 45.7 Å². The molecule has 1 aliphatic heterocycles. The molecule has 1 aromatic carbocycles. The number of aromatic nitrogens is 2. The molecule has 4 heterocycles. The molecule has 4 aromatic rings. The number of ether oxygens (including phenoxy) is 1. The molecule has 6 rings (SSSR count). The highest BCUT2D eigenvalue weighted by Gasteiger charge is 2.29. The lowest BCUT2D eigenvalue weighted by atomic mass is 10.1. The van der Waals surface area contributed by atoms with Crippen LogP contribution in [0, 0.1) is 0 Å². The number of nitrogens with one attached hydrogen (secondary N) is 2. The normalized spacial score (nSPS) is 16.0. The second-order valence-corrected chi connectivity index (χ2v) is 11.7. The summed E-state index contributed by atoms with van der Waals surface area (Å²) < 4.78 is 11.2. The third kappa shape index (κ3) is 6.29. The maximum Gasteiger partial charge on any atom is 0.276 e. The average molecular weight is 592 g/mol. The van der Waals surface area contributed by atoms with Crippen molar-refractivity contribution in [3.8, 4) is 0 Å². The van der Waals surface area contributed by atoms with Gasteiger partial charge >= 0.3 is 0 Å². The van der Waals surface area contributed by atoms with Crippen LogP contribution in [0.4, 0.5) is 10.9 Å². The van der Waals surface area contributed by atoms with Crippen LogP contribution in [0.3, 0.4) is 0 Å². The third-order valence-electron chi connectivity index (χ3n) is 7.26. The largest absolute Gasteiger partial charge is 0.467 e. The Labute approximate surface area is 246 Å². The van der Waals surface area contributed by atoms with Gasteiger partial charge < -0.3 is 24.7 Å². The molecule has 0 saturated carbocycles. The quantitative estimate of drug-likeness (QED) is 0.245. The van der Waals surface area contributed by atoms with Crippen molar-refractivity contribution in [3.63, 3.8) is 0 Å². The van der Waals surface area contributed by atoms with E-state index in [4.69, 9.17) is 20.8 Å². The minimum atomic E-state index is -0.496. The van der Waals surface area contributed by atoms with Gasteiger partial charge in [0.1, 0.15) is 10.8 Å². The zero-order valence-electron chi connectivity index (χ0n) is 22.4. The number of amides is 2. The van der Waals surface area contributed by atoms with Gasteiger partial charge in [-0.1, -0.05) is 41.9 Å². The van der Waals surface area contributed by atoms with Crippen LogP contribution in [0.5, 0.6) is 0 Å². The smallest absolute Gasteiger partial charge is 0.276 e. The number of fused-ring (bicyclic) bond motifs is 1. The van der Waals surface area contributed by atoms with Gasteiger partial charge in [-0.2, -0.15) is 0 Å². The molecule has 41 heavy (non-hydrogen) atoms. The van der Waals surface area contributed by atoms with Gasteiger partial charge in [0, 0.05) is 24.6 Å². The van der Waals surface area contributed by atoms with Gasteiger partial charge in [0.05, 0.1) is 35.7 Å². The highest BCUT2D eigenvalue weighted by atomic mass is 35.5. The van der Waals surface area contributed by atoms with Gasteiger partial charge in [0.15, 0.2) is 5.69 Å². The fraction of sp³-hybridized carbons (Fsp3) is 0.333. The lowest BCUT2D eigenvalue weighted by Crippen LogP contribution is -2.32. The van der Waals surface area contributed by atoms with Crippen LogP contribution < -0.4 is 15.5 Å². The Kier molecular flexibility index (Phi) is 8.31. The topological polar surface area (TPSA) is 110 Å². The van der Waals surface area contributed by atoms with Gasteiger partial charge in [-0.25, -0.2) is 9.97 Å². The van der Waals surface area contributed by atoms with Gasteiger partial charge in [0.2, 0.25) is 5.95 Å². The lowest BCUT2D eigenvalue weighted by Gasteiger charge is -2.22. The number of benzene rings is 1. The molecule has 0 unspecified atom stereocenters. The van der Waals surface area contributed by atoms with E-state index in [0.717, 1.165) is 60.5 Å². The second kappa shape index (κ2) is 12.4. The molecule has 1 saturated heterocycles. The summed E-state index contributed by atoms with van der Waals surface area (Å²) in [6, 6.07) is 13.6. The summed E-state index contributed by atoms with van der Waals surface area (Å²) in [5, 5.41) is 6.59. The standard InChI is InChI=1S/C30H30ClN5O4S/c31-23-16-33-30(36(18-21-10-6-14-40-21)17-19-7-2-1-3-8-19)34-26(23)28(38)35-29-25(22-11-4-12-24(22)41-29)27(37)32-15-20-9-5-13-39-20/h1-3,6-8,10,14,16,20H,4-5,9,11-13,15,17-18H2,(H,32,37)(H,35,38)/t20-/m0/s1. The molecule has 212 valence electrons. The SMILES string of the molecule is O=C(Nc1sc2c(c1C(=O)NC[C@@H]1CCCO1)CCC2)c1nc(N(Cc2ccccc2)Cc2ccco2)ncc1Cl. The lowest BCUT2D eigenvalue weighted by molar-refractivity contribution is 0.0858. The number of carbonyl (C=O) groups excluding carboxylic acids is 2. The van der Waals surface area contributed by atoms with Crippen molar-refractivity contribution in [1.82, 2.24) is 15.3 Å².